The maximum atomic E-state index is 12.2. The quantitative estimate of drug-likeness (QED) is 0.0690. The molecular weight excluding hydrogens is 613 g/mol. The molecule has 0 aliphatic carbocycles. The van der Waals surface area contributed by atoms with Crippen LogP contribution >= 0.6 is 0 Å². The van der Waals surface area contributed by atoms with E-state index in [1.165, 1.54) is 0 Å². The molecule has 4 rings (SSSR count). The van der Waals surface area contributed by atoms with E-state index in [2.05, 4.69) is 30.1 Å². The Balaban J connectivity index is 0.000000293. The second-order valence-corrected chi connectivity index (χ2v) is 7.97. The number of rotatable bonds is 10. The van der Waals surface area contributed by atoms with Crippen molar-refractivity contribution in [2.24, 2.45) is 20.6 Å². The van der Waals surface area contributed by atoms with Crippen molar-refractivity contribution < 1.29 is 54.0 Å². The molecule has 2 N–H and O–H groups in total. The molecule has 0 aliphatic rings. The van der Waals surface area contributed by atoms with Gasteiger partial charge in [0.15, 0.2) is 0 Å². The fraction of sp³-hybridized carbons (Fsp3) is 0. The number of nitrogens with zero attached hydrogens (tertiary/aromatic N) is 4. The van der Waals surface area contributed by atoms with Crippen LogP contribution in [0, 0.1) is 0 Å². The Morgan fingerprint density at radius 2 is 0.674 bits per heavy atom. The molecule has 43 heavy (non-hydrogen) atoms. The van der Waals surface area contributed by atoms with Crippen LogP contribution in [-0.4, -0.2) is 48.2 Å². The van der Waals surface area contributed by atoms with Gasteiger partial charge in [-0.3, -0.25) is 0 Å². The van der Waals surface area contributed by atoms with Gasteiger partial charge in [0.25, 0.3) is 0 Å². The van der Waals surface area contributed by atoms with E-state index in [4.69, 9.17) is 0 Å². The van der Waals surface area contributed by atoms with Crippen molar-refractivity contribution in [2.45, 2.75) is 0 Å². The molecule has 0 unspecified atom stereocenters. The zero-order chi connectivity index (χ0) is 30.2. The van der Waals surface area contributed by atoms with E-state index in [0.29, 0.717) is 22.3 Å². The number of hydrogen-bond acceptors (Lipinski definition) is 8. The van der Waals surface area contributed by atoms with Gasteiger partial charge in [-0.1, -0.05) is 142 Å². The second-order valence-electron chi connectivity index (χ2n) is 7.97. The van der Waals surface area contributed by atoms with Crippen molar-refractivity contribution in [2.75, 3.05) is 0 Å². The molecule has 0 spiro atoms. The largest absolute Gasteiger partial charge is 0.818 e. The third kappa shape index (κ3) is 10.8. The zero-order valence-corrected chi connectivity index (χ0v) is 23.1. The molecule has 0 atom stereocenters. The van der Waals surface area contributed by atoms with Crippen LogP contribution < -0.4 is 0 Å². The summed E-state index contributed by atoms with van der Waals surface area (Å²) in [5, 5.41) is 31.7. The molecule has 0 aliphatic heterocycles. The Bertz CT molecular complexity index is 1390. The standard InChI is InChI=1S/2C14H11BF2N2O2.Co/c2*16-15(17)21-19-14(12-9-5-2-6-10-12)13(18-20)11-7-3-1-4-8-11;/h2*1-10,20H;. The maximum absolute atomic E-state index is 12.2. The summed E-state index contributed by atoms with van der Waals surface area (Å²) in [6, 6.07) is 34.2. The van der Waals surface area contributed by atoms with E-state index in [1.807, 2.05) is 0 Å². The van der Waals surface area contributed by atoms with Gasteiger partial charge in [0.2, 0.25) is 0 Å². The summed E-state index contributed by atoms with van der Waals surface area (Å²) in [7, 11) is -6.11. The summed E-state index contributed by atoms with van der Waals surface area (Å²) >= 11 is 0. The number of oxime groups is 4. The summed E-state index contributed by atoms with van der Waals surface area (Å²) in [5.41, 5.74) is 2.17. The molecule has 0 aromatic heterocycles. The average Bonchev–Trinajstić information content (AvgIpc) is 3.03. The van der Waals surface area contributed by atoms with Crippen LogP contribution in [-0.2, 0) is 26.3 Å². The molecular formula is C28H22B2CoF4N4O4. The summed E-state index contributed by atoms with van der Waals surface area (Å²) in [6.07, 6.45) is 0. The molecule has 4 aromatic carbocycles. The van der Waals surface area contributed by atoms with Crippen LogP contribution in [0.2, 0.25) is 0 Å². The van der Waals surface area contributed by atoms with Crippen molar-refractivity contribution in [1.29, 1.82) is 0 Å². The molecule has 221 valence electrons. The van der Waals surface area contributed by atoms with Gasteiger partial charge in [-0.25, -0.2) is 17.3 Å². The second kappa shape index (κ2) is 18.5. The molecule has 0 bridgehead atoms. The van der Waals surface area contributed by atoms with Crippen LogP contribution in [0.5, 0.6) is 0 Å². The van der Waals surface area contributed by atoms with E-state index in [-0.39, 0.29) is 39.6 Å². The van der Waals surface area contributed by atoms with E-state index < -0.39 is 14.9 Å². The summed E-state index contributed by atoms with van der Waals surface area (Å²) < 4.78 is 57.0. The van der Waals surface area contributed by atoms with Gasteiger partial charge < -0.3 is 19.9 Å². The minimum atomic E-state index is -3.06. The molecule has 0 saturated heterocycles. The van der Waals surface area contributed by atoms with Gasteiger partial charge in [0, 0.05) is 39.0 Å². The average molecular weight is 635 g/mol. The smallest absolute Gasteiger partial charge is 0.410 e. The number of hydrogen-bond donors (Lipinski definition) is 2. The normalized spacial score (nSPS) is 11.8. The molecule has 0 saturated carbocycles. The Hall–Kier alpha value is -4.88. The predicted molar refractivity (Wildman–Crippen MR) is 154 cm³/mol. The van der Waals surface area contributed by atoms with Crippen LogP contribution in [0.4, 0.5) is 17.3 Å². The molecule has 0 fully saturated rings. The van der Waals surface area contributed by atoms with Crippen molar-refractivity contribution in [3.63, 3.8) is 0 Å². The fourth-order valence-corrected chi connectivity index (χ4v) is 3.52. The number of halogens is 4. The third-order valence-corrected chi connectivity index (χ3v) is 5.28. The fourth-order valence-electron chi connectivity index (χ4n) is 3.52. The first-order valence-electron chi connectivity index (χ1n) is 12.1. The zero-order valence-electron chi connectivity index (χ0n) is 22.0. The topological polar surface area (TPSA) is 108 Å². The molecule has 0 heterocycles. The van der Waals surface area contributed by atoms with Crippen molar-refractivity contribution in [3.05, 3.63) is 144 Å². The van der Waals surface area contributed by atoms with Gasteiger partial charge in [-0.05, 0) is 0 Å². The minimum Gasteiger partial charge on any atom is -0.410 e. The van der Waals surface area contributed by atoms with Crippen LogP contribution in [0.1, 0.15) is 22.3 Å². The van der Waals surface area contributed by atoms with E-state index >= 15 is 0 Å². The van der Waals surface area contributed by atoms with E-state index in [0.717, 1.165) is 0 Å². The van der Waals surface area contributed by atoms with Crippen LogP contribution in [0.3, 0.4) is 0 Å². The summed E-state index contributed by atoms with van der Waals surface area (Å²) in [6.45, 7) is 0. The van der Waals surface area contributed by atoms with Gasteiger partial charge >= 0.3 is 14.9 Å². The van der Waals surface area contributed by atoms with Gasteiger partial charge in [-0.15, -0.1) is 0 Å². The molecule has 15 heteroatoms. The monoisotopic (exact) mass is 635 g/mol. The minimum absolute atomic E-state index is 0. The Kier molecular flexibility index (Phi) is 14.8. The SMILES string of the molecule is ON=C(C(=NOB(F)F)c1ccccc1)c1ccccc1.ON=C(C(=NOB(F)F)c1ccccc1)c1ccccc1.[Co]. The van der Waals surface area contributed by atoms with Crippen molar-refractivity contribution in [1.82, 2.24) is 0 Å². The first-order valence-corrected chi connectivity index (χ1v) is 12.1. The van der Waals surface area contributed by atoms with Gasteiger partial charge in [0.05, 0.1) is 0 Å². The Morgan fingerprint density at radius 1 is 0.442 bits per heavy atom. The van der Waals surface area contributed by atoms with Crippen LogP contribution in [0.15, 0.2) is 142 Å². The molecule has 4 aromatic rings. The third-order valence-electron chi connectivity index (χ3n) is 5.28. The molecule has 1 radical (unpaired) electrons. The summed E-state index contributed by atoms with van der Waals surface area (Å²) in [5.74, 6) is 0. The number of benzene rings is 4. The Labute approximate surface area is 255 Å². The van der Waals surface area contributed by atoms with E-state index in [9.17, 15) is 27.7 Å². The predicted octanol–water partition coefficient (Wildman–Crippen LogP) is 6.42. The summed E-state index contributed by atoms with van der Waals surface area (Å²) in [4.78, 5) is 0. The van der Waals surface area contributed by atoms with Gasteiger partial charge in [-0.2, -0.15) is 0 Å². The Morgan fingerprint density at radius 3 is 0.884 bits per heavy atom. The van der Waals surface area contributed by atoms with Gasteiger partial charge in [0.1, 0.15) is 22.8 Å². The molecule has 0 amide bonds. The van der Waals surface area contributed by atoms with Crippen molar-refractivity contribution in [3.8, 4) is 0 Å². The maximum Gasteiger partial charge on any atom is 0.818 e. The first-order chi connectivity index (χ1) is 20.4. The van der Waals surface area contributed by atoms with Crippen molar-refractivity contribution >= 4 is 37.8 Å². The van der Waals surface area contributed by atoms with E-state index in [1.54, 1.807) is 121 Å². The first kappa shape index (κ1) is 34.3. The molecule has 8 nitrogen and oxygen atoms in total. The van der Waals surface area contributed by atoms with Crippen LogP contribution in [0.25, 0.3) is 0 Å².